The lowest BCUT2D eigenvalue weighted by molar-refractivity contribution is 0.0851. The van der Waals surface area contributed by atoms with Gasteiger partial charge in [-0.05, 0) is 31.2 Å². The Bertz CT molecular complexity index is 248. The zero-order valence-electron chi connectivity index (χ0n) is 12.2. The van der Waals surface area contributed by atoms with Crippen LogP contribution in [-0.2, 0) is 4.74 Å². The van der Waals surface area contributed by atoms with Gasteiger partial charge in [0, 0.05) is 19.1 Å². The number of rotatable bonds is 6. The van der Waals surface area contributed by atoms with Crippen molar-refractivity contribution in [3.63, 3.8) is 0 Å². The first-order chi connectivity index (χ1) is 8.49. The average molecular weight is 256 g/mol. The third-order valence-corrected chi connectivity index (χ3v) is 2.99. The van der Waals surface area contributed by atoms with Gasteiger partial charge < -0.3 is 15.0 Å². The maximum atomic E-state index is 12.0. The minimum absolute atomic E-state index is 0.161. The first-order valence-corrected chi connectivity index (χ1v) is 7.14. The van der Waals surface area contributed by atoms with E-state index in [-0.39, 0.29) is 6.09 Å². The minimum atomic E-state index is -0.161. The Hall–Kier alpha value is -0.770. The molecule has 1 aliphatic rings. The highest BCUT2D eigenvalue weighted by Gasteiger charge is 2.23. The van der Waals surface area contributed by atoms with Crippen molar-refractivity contribution in [3.05, 3.63) is 0 Å². The standard InChI is InChI=1S/C14H28N2O2/c1-11(2)8-16(9-13-6-5-7-15-13)14(17)18-10-12(3)4/h11-13,15H,5-10H2,1-4H3. The SMILES string of the molecule is CC(C)COC(=O)N(CC(C)C)CC1CCCN1. The molecular formula is C14H28N2O2. The summed E-state index contributed by atoms with van der Waals surface area (Å²) in [4.78, 5) is 13.9. The number of nitrogens with zero attached hydrogens (tertiary/aromatic N) is 1. The van der Waals surface area contributed by atoms with E-state index in [9.17, 15) is 4.79 Å². The van der Waals surface area contributed by atoms with E-state index >= 15 is 0 Å². The Kier molecular flexibility index (Phi) is 6.47. The summed E-state index contributed by atoms with van der Waals surface area (Å²) in [6, 6.07) is 0.440. The van der Waals surface area contributed by atoms with Gasteiger partial charge >= 0.3 is 6.09 Å². The van der Waals surface area contributed by atoms with Gasteiger partial charge in [0.1, 0.15) is 0 Å². The van der Waals surface area contributed by atoms with Crippen molar-refractivity contribution in [2.45, 2.75) is 46.6 Å². The molecule has 1 amide bonds. The van der Waals surface area contributed by atoms with E-state index in [0.717, 1.165) is 26.1 Å². The molecule has 1 heterocycles. The molecule has 0 spiro atoms. The Balaban J connectivity index is 2.44. The van der Waals surface area contributed by atoms with E-state index in [2.05, 4.69) is 33.0 Å². The first-order valence-electron chi connectivity index (χ1n) is 7.14. The highest BCUT2D eigenvalue weighted by atomic mass is 16.6. The molecule has 0 aromatic carbocycles. The molecule has 0 bridgehead atoms. The second kappa shape index (κ2) is 7.62. The van der Waals surface area contributed by atoms with Crippen LogP contribution in [0.3, 0.4) is 0 Å². The number of nitrogens with one attached hydrogen (secondary N) is 1. The number of carbonyl (C=O) groups excluding carboxylic acids is 1. The van der Waals surface area contributed by atoms with E-state index < -0.39 is 0 Å². The van der Waals surface area contributed by atoms with Gasteiger partial charge in [-0.25, -0.2) is 4.79 Å². The molecule has 106 valence electrons. The van der Waals surface area contributed by atoms with E-state index in [1.54, 1.807) is 0 Å². The van der Waals surface area contributed by atoms with Crippen molar-refractivity contribution in [2.75, 3.05) is 26.2 Å². The third-order valence-electron chi connectivity index (χ3n) is 2.99. The fourth-order valence-corrected chi connectivity index (χ4v) is 2.17. The van der Waals surface area contributed by atoms with Gasteiger partial charge in [-0.1, -0.05) is 27.7 Å². The summed E-state index contributed by atoms with van der Waals surface area (Å²) >= 11 is 0. The van der Waals surface area contributed by atoms with Gasteiger partial charge in [0.2, 0.25) is 0 Å². The predicted octanol–water partition coefficient (Wildman–Crippen LogP) is 2.49. The minimum Gasteiger partial charge on any atom is -0.449 e. The summed E-state index contributed by atoms with van der Waals surface area (Å²) in [6.07, 6.45) is 2.21. The fraction of sp³-hybridized carbons (Fsp3) is 0.929. The van der Waals surface area contributed by atoms with Crippen LogP contribution in [0.1, 0.15) is 40.5 Å². The van der Waals surface area contributed by atoms with E-state index in [0.29, 0.717) is 24.5 Å². The lowest BCUT2D eigenvalue weighted by Crippen LogP contribution is -2.43. The van der Waals surface area contributed by atoms with Crippen LogP contribution in [0.5, 0.6) is 0 Å². The van der Waals surface area contributed by atoms with Gasteiger partial charge in [-0.15, -0.1) is 0 Å². The molecule has 1 N–H and O–H groups in total. The summed E-state index contributed by atoms with van der Waals surface area (Å²) < 4.78 is 5.34. The van der Waals surface area contributed by atoms with Crippen molar-refractivity contribution in [1.82, 2.24) is 10.2 Å². The Morgan fingerprint density at radius 1 is 1.33 bits per heavy atom. The van der Waals surface area contributed by atoms with Crippen LogP contribution < -0.4 is 5.32 Å². The average Bonchev–Trinajstić information content (AvgIpc) is 2.77. The van der Waals surface area contributed by atoms with Crippen LogP contribution >= 0.6 is 0 Å². The molecule has 1 aliphatic heterocycles. The van der Waals surface area contributed by atoms with Crippen molar-refractivity contribution >= 4 is 6.09 Å². The molecule has 1 atom stereocenters. The topological polar surface area (TPSA) is 41.6 Å². The van der Waals surface area contributed by atoms with E-state index in [1.165, 1.54) is 6.42 Å². The molecule has 0 aliphatic carbocycles. The van der Waals surface area contributed by atoms with Gasteiger partial charge in [-0.3, -0.25) is 0 Å². The van der Waals surface area contributed by atoms with Crippen LogP contribution in [0.2, 0.25) is 0 Å². The zero-order valence-corrected chi connectivity index (χ0v) is 12.2. The highest BCUT2D eigenvalue weighted by Crippen LogP contribution is 2.10. The molecule has 0 aromatic heterocycles. The Morgan fingerprint density at radius 3 is 2.56 bits per heavy atom. The molecule has 1 fully saturated rings. The second-order valence-corrected chi connectivity index (χ2v) is 6.06. The van der Waals surface area contributed by atoms with Crippen LogP contribution in [0.4, 0.5) is 4.79 Å². The molecule has 1 unspecified atom stereocenters. The third kappa shape index (κ3) is 5.71. The van der Waals surface area contributed by atoms with Crippen LogP contribution in [-0.4, -0.2) is 43.3 Å². The molecule has 1 rings (SSSR count). The summed E-state index contributed by atoms with van der Waals surface area (Å²) in [5.74, 6) is 0.859. The summed E-state index contributed by atoms with van der Waals surface area (Å²) in [5.41, 5.74) is 0. The molecule has 0 radical (unpaired) electrons. The maximum Gasteiger partial charge on any atom is 0.409 e. The van der Waals surface area contributed by atoms with Crippen LogP contribution in [0.15, 0.2) is 0 Å². The van der Waals surface area contributed by atoms with Crippen molar-refractivity contribution < 1.29 is 9.53 Å². The lowest BCUT2D eigenvalue weighted by atomic mass is 10.1. The number of ether oxygens (including phenoxy) is 1. The number of hydrogen-bond donors (Lipinski definition) is 1. The molecular weight excluding hydrogens is 228 g/mol. The number of hydrogen-bond acceptors (Lipinski definition) is 3. The number of carbonyl (C=O) groups is 1. The van der Waals surface area contributed by atoms with Crippen LogP contribution in [0.25, 0.3) is 0 Å². The van der Waals surface area contributed by atoms with Gasteiger partial charge in [-0.2, -0.15) is 0 Å². The van der Waals surface area contributed by atoms with Crippen molar-refractivity contribution in [2.24, 2.45) is 11.8 Å². The Labute approximate surface area is 111 Å². The summed E-state index contributed by atoms with van der Waals surface area (Å²) in [7, 11) is 0. The quantitative estimate of drug-likeness (QED) is 0.794. The van der Waals surface area contributed by atoms with Crippen molar-refractivity contribution in [3.8, 4) is 0 Å². The fourth-order valence-electron chi connectivity index (χ4n) is 2.17. The van der Waals surface area contributed by atoms with Crippen molar-refractivity contribution in [1.29, 1.82) is 0 Å². The molecule has 1 saturated heterocycles. The molecule has 0 aromatic rings. The largest absolute Gasteiger partial charge is 0.449 e. The number of amides is 1. The highest BCUT2D eigenvalue weighted by molar-refractivity contribution is 5.67. The zero-order chi connectivity index (χ0) is 13.5. The molecule has 18 heavy (non-hydrogen) atoms. The molecule has 4 heteroatoms. The van der Waals surface area contributed by atoms with Gasteiger partial charge in [0.15, 0.2) is 0 Å². The monoisotopic (exact) mass is 256 g/mol. The maximum absolute atomic E-state index is 12.0. The van der Waals surface area contributed by atoms with Crippen LogP contribution in [0, 0.1) is 11.8 Å². The van der Waals surface area contributed by atoms with Gasteiger partial charge in [0.05, 0.1) is 6.61 Å². The molecule has 4 nitrogen and oxygen atoms in total. The summed E-state index contributed by atoms with van der Waals surface area (Å²) in [6.45, 7) is 11.5. The predicted molar refractivity (Wildman–Crippen MR) is 73.6 cm³/mol. The normalized spacial score (nSPS) is 19.6. The second-order valence-electron chi connectivity index (χ2n) is 6.06. The van der Waals surface area contributed by atoms with E-state index in [4.69, 9.17) is 4.74 Å². The Morgan fingerprint density at radius 2 is 2.06 bits per heavy atom. The smallest absolute Gasteiger partial charge is 0.409 e. The lowest BCUT2D eigenvalue weighted by Gasteiger charge is -2.27. The molecule has 0 saturated carbocycles. The van der Waals surface area contributed by atoms with E-state index in [1.807, 2.05) is 4.90 Å². The first kappa shape index (κ1) is 15.3. The summed E-state index contributed by atoms with van der Waals surface area (Å²) in [5, 5.41) is 3.43. The van der Waals surface area contributed by atoms with Gasteiger partial charge in [0.25, 0.3) is 0 Å².